The van der Waals surface area contributed by atoms with Gasteiger partial charge in [0.15, 0.2) is 0 Å². The van der Waals surface area contributed by atoms with Crippen LogP contribution in [0.5, 0.6) is 0 Å². The van der Waals surface area contributed by atoms with Gasteiger partial charge >= 0.3 is 0 Å². The lowest BCUT2D eigenvalue weighted by molar-refractivity contribution is 0.285. The second-order valence-electron chi connectivity index (χ2n) is 8.28. The molecule has 0 saturated carbocycles. The molecule has 0 unspecified atom stereocenters. The third kappa shape index (κ3) is 4.59. The largest absolute Gasteiger partial charge is 0.342 e. The number of nitrogens with zero attached hydrogens (tertiary/aromatic N) is 2. The number of H-pyrrole nitrogens is 1. The highest BCUT2D eigenvalue weighted by Gasteiger charge is 2.18. The van der Waals surface area contributed by atoms with E-state index in [9.17, 15) is 0 Å². The highest BCUT2D eigenvalue weighted by atomic mass is 15.1. The van der Waals surface area contributed by atoms with E-state index in [0.717, 1.165) is 42.2 Å². The third-order valence-corrected chi connectivity index (χ3v) is 6.00. The first-order valence-electron chi connectivity index (χ1n) is 10.4. The molecular formula is C24H31N3. The third-order valence-electron chi connectivity index (χ3n) is 6.00. The van der Waals surface area contributed by atoms with E-state index in [1.807, 2.05) is 6.07 Å². The van der Waals surface area contributed by atoms with Gasteiger partial charge in [-0.25, -0.2) is 4.98 Å². The molecule has 1 heterocycles. The summed E-state index contributed by atoms with van der Waals surface area (Å²) in [6, 6.07) is 15.3. The van der Waals surface area contributed by atoms with Crippen LogP contribution in [0.2, 0.25) is 0 Å². The fourth-order valence-corrected chi connectivity index (χ4v) is 4.36. The Bertz CT molecular complexity index is 863. The number of aromatic nitrogens is 2. The fourth-order valence-electron chi connectivity index (χ4n) is 4.36. The lowest BCUT2D eigenvalue weighted by Gasteiger charge is -2.27. The van der Waals surface area contributed by atoms with Crippen molar-refractivity contribution in [1.29, 1.82) is 0 Å². The first kappa shape index (κ1) is 18.2. The van der Waals surface area contributed by atoms with Gasteiger partial charge in [-0.05, 0) is 88.3 Å². The van der Waals surface area contributed by atoms with Crippen LogP contribution < -0.4 is 0 Å². The minimum absolute atomic E-state index is 0.845. The molecule has 3 heteroatoms. The number of hydrogen-bond donors (Lipinski definition) is 1. The molecular weight excluding hydrogens is 330 g/mol. The van der Waals surface area contributed by atoms with E-state index in [0.29, 0.717) is 0 Å². The van der Waals surface area contributed by atoms with Crippen LogP contribution in [0, 0.1) is 12.8 Å². The number of fused-ring (bicyclic) bond motifs is 2. The average Bonchev–Trinajstić information content (AvgIpc) is 3.09. The summed E-state index contributed by atoms with van der Waals surface area (Å²) in [5.74, 6) is 1.96. The van der Waals surface area contributed by atoms with Crippen molar-refractivity contribution in [2.75, 3.05) is 20.1 Å². The highest BCUT2D eigenvalue weighted by Crippen LogP contribution is 2.28. The van der Waals surface area contributed by atoms with Crippen molar-refractivity contribution in [2.45, 2.75) is 45.4 Å². The maximum absolute atomic E-state index is 4.68. The van der Waals surface area contributed by atoms with Crippen LogP contribution in [0.25, 0.3) is 11.0 Å². The molecule has 1 aromatic heterocycles. The quantitative estimate of drug-likeness (QED) is 0.647. The topological polar surface area (TPSA) is 31.9 Å². The van der Waals surface area contributed by atoms with Gasteiger partial charge < -0.3 is 9.88 Å². The summed E-state index contributed by atoms with van der Waals surface area (Å²) >= 11 is 0. The fraction of sp³-hybridized carbons (Fsp3) is 0.458. The molecule has 0 spiro atoms. The smallest absolute Gasteiger partial charge is 0.107 e. The van der Waals surface area contributed by atoms with Gasteiger partial charge in [0.05, 0.1) is 11.0 Å². The number of rotatable bonds is 7. The molecule has 0 bridgehead atoms. The molecule has 0 amide bonds. The van der Waals surface area contributed by atoms with E-state index < -0.39 is 0 Å². The standard InChI is InChI=1S/C24H31N3/c1-18-9-11-21-17-19(10-12-20(21)16-18)13-15-27(2)14-5-8-24-25-22-6-3-4-7-23(22)26-24/h3-4,6-7,9,11,16,19H,5,8,10,12-15,17H2,1-2H3,(H,25,26)/t19-/m1/s1. The Hall–Kier alpha value is -2.13. The zero-order chi connectivity index (χ0) is 18.6. The van der Waals surface area contributed by atoms with Crippen LogP contribution in [-0.2, 0) is 19.3 Å². The average molecular weight is 362 g/mol. The molecule has 0 aliphatic heterocycles. The number of benzene rings is 2. The number of imidazole rings is 1. The normalized spacial score (nSPS) is 16.8. The molecule has 0 radical (unpaired) electrons. The molecule has 142 valence electrons. The van der Waals surface area contributed by atoms with Gasteiger partial charge in [-0.15, -0.1) is 0 Å². The lowest BCUT2D eigenvalue weighted by Crippen LogP contribution is -2.25. The van der Waals surface area contributed by atoms with E-state index in [1.165, 1.54) is 37.8 Å². The van der Waals surface area contributed by atoms with Crippen molar-refractivity contribution in [3.8, 4) is 0 Å². The Balaban J connectivity index is 1.20. The Morgan fingerprint density at radius 1 is 1.11 bits per heavy atom. The molecule has 1 aliphatic rings. The van der Waals surface area contributed by atoms with E-state index in [2.05, 4.69) is 65.2 Å². The number of aromatic amines is 1. The van der Waals surface area contributed by atoms with Gasteiger partial charge in [-0.2, -0.15) is 0 Å². The highest BCUT2D eigenvalue weighted by molar-refractivity contribution is 5.74. The first-order valence-corrected chi connectivity index (χ1v) is 10.4. The summed E-state index contributed by atoms with van der Waals surface area (Å²) in [6.45, 7) is 4.54. The van der Waals surface area contributed by atoms with Gasteiger partial charge in [0.25, 0.3) is 0 Å². The molecule has 4 rings (SSSR count). The molecule has 0 fully saturated rings. The lowest BCUT2D eigenvalue weighted by atomic mass is 9.81. The predicted molar refractivity (Wildman–Crippen MR) is 113 cm³/mol. The van der Waals surface area contributed by atoms with Gasteiger partial charge in [0, 0.05) is 6.42 Å². The van der Waals surface area contributed by atoms with Crippen LogP contribution in [0.3, 0.4) is 0 Å². The monoisotopic (exact) mass is 361 g/mol. The van der Waals surface area contributed by atoms with Crippen LogP contribution >= 0.6 is 0 Å². The summed E-state index contributed by atoms with van der Waals surface area (Å²) < 4.78 is 0. The van der Waals surface area contributed by atoms with E-state index in [-0.39, 0.29) is 0 Å². The van der Waals surface area contributed by atoms with Gasteiger partial charge in [-0.3, -0.25) is 0 Å². The number of hydrogen-bond acceptors (Lipinski definition) is 2. The first-order chi connectivity index (χ1) is 13.2. The van der Waals surface area contributed by atoms with Gasteiger partial charge in [0.1, 0.15) is 5.82 Å². The van der Waals surface area contributed by atoms with Gasteiger partial charge in [0.2, 0.25) is 0 Å². The van der Waals surface area contributed by atoms with E-state index in [1.54, 1.807) is 11.1 Å². The van der Waals surface area contributed by atoms with Gasteiger partial charge in [-0.1, -0.05) is 35.9 Å². The van der Waals surface area contributed by atoms with E-state index >= 15 is 0 Å². The summed E-state index contributed by atoms with van der Waals surface area (Å²) in [5, 5.41) is 0. The van der Waals surface area contributed by atoms with Crippen molar-refractivity contribution in [2.24, 2.45) is 5.92 Å². The van der Waals surface area contributed by atoms with Crippen LogP contribution in [0.1, 0.15) is 41.8 Å². The Labute approximate surface area is 162 Å². The minimum Gasteiger partial charge on any atom is -0.342 e. The Morgan fingerprint density at radius 2 is 2.00 bits per heavy atom. The maximum atomic E-state index is 4.68. The SMILES string of the molecule is Cc1ccc2c(c1)CC[C@H](CCN(C)CCCc1nc3ccccc3[nH]1)C2. The number of para-hydroxylation sites is 2. The van der Waals surface area contributed by atoms with E-state index in [4.69, 9.17) is 0 Å². The van der Waals surface area contributed by atoms with Crippen molar-refractivity contribution in [1.82, 2.24) is 14.9 Å². The predicted octanol–water partition coefficient (Wildman–Crippen LogP) is 4.93. The number of aryl methyl sites for hydroxylation is 3. The van der Waals surface area contributed by atoms with Crippen molar-refractivity contribution in [3.63, 3.8) is 0 Å². The summed E-state index contributed by atoms with van der Waals surface area (Å²) in [7, 11) is 2.26. The van der Waals surface area contributed by atoms with Crippen molar-refractivity contribution in [3.05, 3.63) is 65.0 Å². The summed E-state index contributed by atoms with van der Waals surface area (Å²) in [6.07, 6.45) is 7.37. The Morgan fingerprint density at radius 3 is 2.89 bits per heavy atom. The maximum Gasteiger partial charge on any atom is 0.107 e. The molecule has 1 N–H and O–H groups in total. The summed E-state index contributed by atoms with van der Waals surface area (Å²) in [4.78, 5) is 10.6. The molecule has 3 aromatic rings. The van der Waals surface area contributed by atoms with Crippen LogP contribution in [0.15, 0.2) is 42.5 Å². The summed E-state index contributed by atoms with van der Waals surface area (Å²) in [5.41, 5.74) is 6.80. The minimum atomic E-state index is 0.845. The molecule has 1 atom stereocenters. The Kier molecular flexibility index (Phi) is 5.58. The molecule has 27 heavy (non-hydrogen) atoms. The second kappa shape index (κ2) is 8.26. The van der Waals surface area contributed by atoms with Crippen LogP contribution in [0.4, 0.5) is 0 Å². The second-order valence-corrected chi connectivity index (χ2v) is 8.28. The zero-order valence-corrected chi connectivity index (χ0v) is 16.7. The molecule has 0 saturated heterocycles. The molecule has 3 nitrogen and oxygen atoms in total. The zero-order valence-electron chi connectivity index (χ0n) is 16.7. The van der Waals surface area contributed by atoms with Crippen molar-refractivity contribution >= 4 is 11.0 Å². The molecule has 2 aromatic carbocycles. The molecule has 1 aliphatic carbocycles. The van der Waals surface area contributed by atoms with Crippen LogP contribution in [-0.4, -0.2) is 35.0 Å². The van der Waals surface area contributed by atoms with Crippen molar-refractivity contribution < 1.29 is 0 Å². The number of nitrogens with one attached hydrogen (secondary N) is 1.